The van der Waals surface area contributed by atoms with Gasteiger partial charge in [-0.05, 0) is 6.08 Å². The van der Waals surface area contributed by atoms with E-state index in [9.17, 15) is 23.4 Å². The molecular weight excluding hydrogens is 294 g/mol. The van der Waals surface area contributed by atoms with Crippen molar-refractivity contribution in [3.05, 3.63) is 12.2 Å². The summed E-state index contributed by atoms with van der Waals surface area (Å²) in [4.78, 5) is 11.0. The van der Waals surface area contributed by atoms with Crippen LogP contribution in [0.25, 0.3) is 0 Å². The molecule has 0 fully saturated rings. The highest BCUT2D eigenvalue weighted by Crippen LogP contribution is 2.21. The Morgan fingerprint density at radius 2 is 2.00 bits per heavy atom. The van der Waals surface area contributed by atoms with Gasteiger partial charge in [0.05, 0.1) is 12.6 Å². The molecular formula is C10H17NO8S. The van der Waals surface area contributed by atoms with Gasteiger partial charge in [0.2, 0.25) is 11.3 Å². The first-order valence-electron chi connectivity index (χ1n) is 5.71. The predicted molar refractivity (Wildman–Crippen MR) is 66.1 cm³/mol. The molecule has 1 aliphatic rings. The predicted octanol–water partition coefficient (Wildman–Crippen LogP) is -2.63. The number of hydrogen-bond donors (Lipinski definition) is 5. The van der Waals surface area contributed by atoms with Gasteiger partial charge in [-0.15, -0.1) is 0 Å². The zero-order valence-electron chi connectivity index (χ0n) is 10.6. The molecule has 20 heavy (non-hydrogen) atoms. The van der Waals surface area contributed by atoms with E-state index in [-0.39, 0.29) is 0 Å². The van der Waals surface area contributed by atoms with Crippen LogP contribution in [-0.4, -0.2) is 70.6 Å². The van der Waals surface area contributed by atoms with Crippen molar-refractivity contribution in [1.82, 2.24) is 5.32 Å². The molecule has 1 heterocycles. The van der Waals surface area contributed by atoms with Crippen LogP contribution in [0.5, 0.6) is 0 Å². The summed E-state index contributed by atoms with van der Waals surface area (Å²) in [5.41, 5.74) is -1.72. The topological polar surface area (TPSA) is 153 Å². The van der Waals surface area contributed by atoms with Crippen molar-refractivity contribution in [3.8, 4) is 0 Å². The van der Waals surface area contributed by atoms with Crippen LogP contribution >= 0.6 is 0 Å². The lowest BCUT2D eigenvalue weighted by molar-refractivity contribution is -0.128. The van der Waals surface area contributed by atoms with E-state index in [0.29, 0.717) is 0 Å². The van der Waals surface area contributed by atoms with E-state index < -0.39 is 52.4 Å². The Bertz CT molecular complexity index is 476. The Morgan fingerprint density at radius 1 is 1.40 bits per heavy atom. The van der Waals surface area contributed by atoms with Crippen LogP contribution in [0.4, 0.5) is 0 Å². The van der Waals surface area contributed by atoms with Crippen LogP contribution < -0.4 is 5.32 Å². The van der Waals surface area contributed by atoms with Gasteiger partial charge in [-0.25, -0.2) is 0 Å². The van der Waals surface area contributed by atoms with Crippen LogP contribution in [0.15, 0.2) is 12.2 Å². The Hall–Kier alpha value is -1.04. The average Bonchev–Trinajstić information content (AvgIpc) is 2.35. The molecule has 0 aromatic rings. The van der Waals surface area contributed by atoms with Gasteiger partial charge in [-0.2, -0.15) is 8.42 Å². The first-order chi connectivity index (χ1) is 9.16. The molecule has 5 atom stereocenters. The van der Waals surface area contributed by atoms with Crippen molar-refractivity contribution in [2.45, 2.75) is 36.7 Å². The highest BCUT2D eigenvalue weighted by Gasteiger charge is 2.40. The van der Waals surface area contributed by atoms with Gasteiger partial charge in [-0.1, -0.05) is 6.08 Å². The van der Waals surface area contributed by atoms with E-state index in [2.05, 4.69) is 5.32 Å². The highest BCUT2D eigenvalue weighted by atomic mass is 32.2. The zero-order chi connectivity index (χ0) is 15.5. The number of carbonyl (C=O) groups excluding carboxylic acids is 1. The molecule has 0 aromatic carbocycles. The molecule has 116 valence electrons. The molecule has 5 N–H and O–H groups in total. The van der Waals surface area contributed by atoms with Crippen molar-refractivity contribution in [2.24, 2.45) is 0 Å². The van der Waals surface area contributed by atoms with Gasteiger partial charge in [0.25, 0.3) is 10.1 Å². The summed E-state index contributed by atoms with van der Waals surface area (Å²) in [6, 6.07) is -0.915. The number of aliphatic hydroxyl groups is 3. The number of ether oxygens (including phenoxy) is 1. The third-order valence-corrected chi connectivity index (χ3v) is 3.56. The maximum atomic E-state index is 11.0. The Balaban J connectivity index is 3.00. The first kappa shape index (κ1) is 17.0. The van der Waals surface area contributed by atoms with Crippen molar-refractivity contribution in [2.75, 3.05) is 6.61 Å². The molecule has 0 unspecified atom stereocenters. The van der Waals surface area contributed by atoms with E-state index >= 15 is 0 Å². The zero-order valence-corrected chi connectivity index (χ0v) is 11.4. The fourth-order valence-corrected chi connectivity index (χ4v) is 2.32. The summed E-state index contributed by atoms with van der Waals surface area (Å²) in [7, 11) is -4.55. The van der Waals surface area contributed by atoms with Gasteiger partial charge in [-0.3, -0.25) is 9.35 Å². The third kappa shape index (κ3) is 4.23. The van der Waals surface area contributed by atoms with Crippen LogP contribution in [0.2, 0.25) is 0 Å². The Labute approximate surface area is 115 Å². The largest absolute Gasteiger partial charge is 0.394 e. The second-order valence-corrected chi connectivity index (χ2v) is 5.83. The summed E-state index contributed by atoms with van der Waals surface area (Å²) in [6.45, 7) is 0.419. The summed E-state index contributed by atoms with van der Waals surface area (Å²) in [6.07, 6.45) is -2.37. The Morgan fingerprint density at radius 3 is 2.45 bits per heavy atom. The minimum Gasteiger partial charge on any atom is -0.394 e. The van der Waals surface area contributed by atoms with Gasteiger partial charge in [0, 0.05) is 6.92 Å². The van der Waals surface area contributed by atoms with E-state index in [4.69, 9.17) is 14.4 Å². The fraction of sp³-hybridized carbons (Fsp3) is 0.700. The van der Waals surface area contributed by atoms with Crippen molar-refractivity contribution in [3.63, 3.8) is 0 Å². The number of amides is 1. The quantitative estimate of drug-likeness (QED) is 0.273. The van der Waals surface area contributed by atoms with Gasteiger partial charge >= 0.3 is 0 Å². The fourth-order valence-electron chi connectivity index (χ4n) is 1.76. The van der Waals surface area contributed by atoms with Crippen LogP contribution in [0, 0.1) is 0 Å². The summed E-state index contributed by atoms with van der Waals surface area (Å²) in [5, 5.41) is 30.4. The number of rotatable bonds is 5. The molecule has 9 nitrogen and oxygen atoms in total. The second kappa shape index (κ2) is 6.61. The van der Waals surface area contributed by atoms with Gasteiger partial charge in [0.15, 0.2) is 0 Å². The van der Waals surface area contributed by atoms with E-state index in [1.807, 2.05) is 0 Å². The summed E-state index contributed by atoms with van der Waals surface area (Å²) in [5.74, 6) is -0.468. The normalized spacial score (nSPS) is 29.8. The lowest BCUT2D eigenvalue weighted by Gasteiger charge is -2.35. The number of carbonyl (C=O) groups is 1. The van der Waals surface area contributed by atoms with E-state index in [1.54, 1.807) is 0 Å². The first-order valence-corrected chi connectivity index (χ1v) is 7.21. The molecule has 0 aliphatic carbocycles. The number of nitrogens with one attached hydrogen (secondary N) is 1. The van der Waals surface area contributed by atoms with Crippen LogP contribution in [0.1, 0.15) is 6.92 Å². The molecule has 0 bridgehead atoms. The molecule has 0 spiro atoms. The standard InChI is InChI=1S/C10H17NO8S/c1-5(13)11-6-2-3-8(20(16,17)18)19-10(6)9(15)7(14)4-12/h2-3,6-10,12,14-15H,4H2,1H3,(H,11,13)(H,16,17,18)/t6-,7-,8+,9-,10-/m1/s1. The molecule has 0 saturated carbocycles. The van der Waals surface area contributed by atoms with Crippen LogP contribution in [0.3, 0.4) is 0 Å². The minimum atomic E-state index is -4.55. The smallest absolute Gasteiger partial charge is 0.296 e. The van der Waals surface area contributed by atoms with Crippen LogP contribution in [-0.2, 0) is 19.6 Å². The monoisotopic (exact) mass is 311 g/mol. The number of aliphatic hydroxyl groups excluding tert-OH is 3. The number of hydrogen-bond acceptors (Lipinski definition) is 7. The molecule has 1 amide bonds. The van der Waals surface area contributed by atoms with E-state index in [1.165, 1.54) is 13.0 Å². The average molecular weight is 311 g/mol. The second-order valence-electron chi connectivity index (χ2n) is 4.34. The summed E-state index contributed by atoms with van der Waals surface area (Å²) < 4.78 is 36.0. The molecule has 10 heteroatoms. The summed E-state index contributed by atoms with van der Waals surface area (Å²) >= 11 is 0. The van der Waals surface area contributed by atoms with Crippen molar-refractivity contribution < 1.29 is 37.8 Å². The van der Waals surface area contributed by atoms with Gasteiger partial charge in [0.1, 0.15) is 18.3 Å². The maximum Gasteiger partial charge on any atom is 0.296 e. The van der Waals surface area contributed by atoms with Crippen molar-refractivity contribution >= 4 is 16.0 Å². The minimum absolute atomic E-state index is 0.468. The molecule has 1 aliphatic heterocycles. The SMILES string of the molecule is CC(=O)N[C@@H]1C=C[C@H](S(=O)(=O)O)O[C@H]1[C@H](O)[C@H](O)CO. The molecule has 1 rings (SSSR count). The third-order valence-electron chi connectivity index (χ3n) is 2.70. The lowest BCUT2D eigenvalue weighted by atomic mass is 9.99. The highest BCUT2D eigenvalue weighted by molar-refractivity contribution is 7.86. The van der Waals surface area contributed by atoms with Crippen molar-refractivity contribution in [1.29, 1.82) is 0 Å². The van der Waals surface area contributed by atoms with Gasteiger partial charge < -0.3 is 25.4 Å². The lowest BCUT2D eigenvalue weighted by Crippen LogP contribution is -2.56. The molecule has 0 saturated heterocycles. The molecule has 0 radical (unpaired) electrons. The van der Waals surface area contributed by atoms with E-state index in [0.717, 1.165) is 6.08 Å². The molecule has 0 aromatic heterocycles. The Kier molecular flexibility index (Phi) is 5.62. The maximum absolute atomic E-state index is 11.0.